The molecule has 0 N–H and O–H groups in total. The molecule has 0 saturated carbocycles. The van der Waals surface area contributed by atoms with E-state index in [9.17, 15) is 8.78 Å². The third-order valence-corrected chi connectivity index (χ3v) is 5.91. The Hall–Kier alpha value is -1.62. The lowest BCUT2D eigenvalue weighted by atomic mass is 9.82. The molecular formula is C23H36F2N2O. The van der Waals surface area contributed by atoms with E-state index >= 15 is 0 Å². The minimum atomic E-state index is -2.62. The number of aromatic nitrogens is 1. The molecule has 2 rings (SSSR count). The molecule has 1 fully saturated rings. The summed E-state index contributed by atoms with van der Waals surface area (Å²) in [6, 6.07) is 0. The monoisotopic (exact) mass is 394 g/mol. The van der Waals surface area contributed by atoms with Crippen molar-refractivity contribution in [2.45, 2.75) is 66.2 Å². The maximum absolute atomic E-state index is 13.3. The second-order valence-corrected chi connectivity index (χ2v) is 8.15. The van der Waals surface area contributed by atoms with E-state index in [4.69, 9.17) is 4.74 Å². The van der Waals surface area contributed by atoms with E-state index in [0.29, 0.717) is 24.2 Å². The second-order valence-electron chi connectivity index (χ2n) is 8.15. The zero-order valence-corrected chi connectivity index (χ0v) is 18.3. The van der Waals surface area contributed by atoms with Crippen LogP contribution in [0.1, 0.15) is 69.0 Å². The van der Waals surface area contributed by atoms with Crippen molar-refractivity contribution < 1.29 is 13.5 Å². The van der Waals surface area contributed by atoms with Gasteiger partial charge in [0.15, 0.2) is 0 Å². The molecule has 0 aromatic carbocycles. The van der Waals surface area contributed by atoms with Crippen LogP contribution in [0.3, 0.4) is 0 Å². The van der Waals surface area contributed by atoms with Crippen molar-refractivity contribution in [3.8, 4) is 0 Å². The second kappa shape index (κ2) is 9.25. The minimum absolute atomic E-state index is 0.139. The number of halogens is 2. The van der Waals surface area contributed by atoms with Gasteiger partial charge < -0.3 is 9.30 Å². The molecule has 1 aliphatic heterocycles. The van der Waals surface area contributed by atoms with Crippen molar-refractivity contribution in [1.29, 1.82) is 0 Å². The molecule has 1 atom stereocenters. The van der Waals surface area contributed by atoms with Crippen molar-refractivity contribution in [2.24, 2.45) is 5.92 Å². The van der Waals surface area contributed by atoms with Gasteiger partial charge in [0, 0.05) is 30.1 Å². The van der Waals surface area contributed by atoms with Crippen LogP contribution in [0.4, 0.5) is 8.78 Å². The van der Waals surface area contributed by atoms with Crippen LogP contribution in [-0.4, -0.2) is 41.6 Å². The first-order valence-electron chi connectivity index (χ1n) is 10.4. The van der Waals surface area contributed by atoms with Crippen molar-refractivity contribution in [1.82, 2.24) is 9.47 Å². The number of rotatable bonds is 8. The van der Waals surface area contributed by atoms with Gasteiger partial charge in [-0.3, -0.25) is 4.90 Å². The number of hydrogen-bond donors (Lipinski definition) is 0. The lowest BCUT2D eigenvalue weighted by Gasteiger charge is -2.36. The molecule has 1 aromatic heterocycles. The van der Waals surface area contributed by atoms with Gasteiger partial charge in [-0.2, -0.15) is 0 Å². The largest absolute Gasteiger partial charge is 0.494 e. The molecule has 0 bridgehead atoms. The molecule has 0 amide bonds. The fourth-order valence-corrected chi connectivity index (χ4v) is 4.67. The predicted octanol–water partition coefficient (Wildman–Crippen LogP) is 6.07. The molecule has 1 saturated heterocycles. The van der Waals surface area contributed by atoms with E-state index < -0.39 is 5.92 Å². The maximum Gasteiger partial charge on any atom is 0.257 e. The normalized spacial score (nSPS) is 18.0. The summed E-state index contributed by atoms with van der Waals surface area (Å²) in [4.78, 5) is 1.90. The molecule has 1 aliphatic rings. The highest BCUT2D eigenvalue weighted by Gasteiger charge is 2.32. The van der Waals surface area contributed by atoms with Gasteiger partial charge in [0.05, 0.1) is 13.2 Å². The molecule has 0 spiro atoms. The summed E-state index contributed by atoms with van der Waals surface area (Å²) < 4.78 is 34.6. The van der Waals surface area contributed by atoms with Crippen molar-refractivity contribution >= 4 is 12.0 Å². The van der Waals surface area contributed by atoms with Gasteiger partial charge in [-0.15, -0.1) is 0 Å². The van der Waals surface area contributed by atoms with Crippen LogP contribution < -0.4 is 0 Å². The van der Waals surface area contributed by atoms with Crippen LogP contribution in [0.25, 0.3) is 12.0 Å². The maximum atomic E-state index is 13.3. The molecule has 3 nitrogen and oxygen atoms in total. The molecule has 0 aliphatic carbocycles. The summed E-state index contributed by atoms with van der Waals surface area (Å²) in [6.07, 6.45) is 6.03. The van der Waals surface area contributed by atoms with E-state index in [0.717, 1.165) is 44.1 Å². The molecule has 1 aromatic rings. The molecule has 1 unspecified atom stereocenters. The Labute approximate surface area is 169 Å². The Morgan fingerprint density at radius 3 is 2.43 bits per heavy atom. The van der Waals surface area contributed by atoms with Crippen LogP contribution in [-0.2, 0) is 4.74 Å². The van der Waals surface area contributed by atoms with Gasteiger partial charge in [-0.1, -0.05) is 19.6 Å². The van der Waals surface area contributed by atoms with Crippen molar-refractivity contribution in [3.63, 3.8) is 0 Å². The lowest BCUT2D eigenvalue weighted by Crippen LogP contribution is -2.41. The first-order valence-corrected chi connectivity index (χ1v) is 10.4. The molecule has 158 valence electrons. The van der Waals surface area contributed by atoms with Crippen LogP contribution in [0.5, 0.6) is 0 Å². The van der Waals surface area contributed by atoms with Gasteiger partial charge in [0.1, 0.15) is 5.76 Å². The summed E-state index contributed by atoms with van der Waals surface area (Å²) in [5.74, 6) is -1.09. The standard InChI is InChI=1S/C23H36F2N2O/c1-8-12-27-18(5)21(19(6)28-9-2)17(4)22(27)16(3)20-10-13-26(14-11-20)15-23(7,24)25/h8,12,16,20H,6,9-11,13-15H2,1-5,7H3/b12-8-. The smallest absolute Gasteiger partial charge is 0.257 e. The number of hydrogen-bond acceptors (Lipinski definition) is 2. The zero-order chi connectivity index (χ0) is 21.1. The minimum Gasteiger partial charge on any atom is -0.494 e. The highest BCUT2D eigenvalue weighted by atomic mass is 19.3. The Kier molecular flexibility index (Phi) is 7.49. The van der Waals surface area contributed by atoms with Crippen molar-refractivity contribution in [2.75, 3.05) is 26.2 Å². The Balaban J connectivity index is 2.27. The summed E-state index contributed by atoms with van der Waals surface area (Å²) in [5, 5.41) is 0. The Morgan fingerprint density at radius 1 is 1.32 bits per heavy atom. The van der Waals surface area contributed by atoms with Gasteiger partial charge in [0.2, 0.25) is 0 Å². The number of allylic oxidation sites excluding steroid dienone is 1. The third kappa shape index (κ3) is 5.05. The number of piperidine rings is 1. The predicted molar refractivity (Wildman–Crippen MR) is 114 cm³/mol. The first kappa shape index (κ1) is 22.7. The third-order valence-electron chi connectivity index (χ3n) is 5.91. The van der Waals surface area contributed by atoms with Gasteiger partial charge >= 0.3 is 0 Å². The molecular weight excluding hydrogens is 358 g/mol. The van der Waals surface area contributed by atoms with Gasteiger partial charge in [-0.25, -0.2) is 8.78 Å². The lowest BCUT2D eigenvalue weighted by molar-refractivity contribution is -0.0231. The fraction of sp³-hybridized carbons (Fsp3) is 0.652. The van der Waals surface area contributed by atoms with Crippen LogP contribution >= 0.6 is 0 Å². The fourth-order valence-electron chi connectivity index (χ4n) is 4.67. The van der Waals surface area contributed by atoms with Gasteiger partial charge in [0.25, 0.3) is 5.92 Å². The average Bonchev–Trinajstić information content (AvgIpc) is 2.84. The number of alkyl halides is 2. The number of nitrogens with zero attached hydrogens (tertiary/aromatic N) is 2. The van der Waals surface area contributed by atoms with Gasteiger partial charge in [-0.05, 0) is 71.0 Å². The molecule has 28 heavy (non-hydrogen) atoms. The number of ether oxygens (including phenoxy) is 1. The first-order chi connectivity index (χ1) is 13.1. The quantitative estimate of drug-likeness (QED) is 0.498. The number of likely N-dealkylation sites (tertiary alicyclic amines) is 1. The molecule has 0 radical (unpaired) electrons. The summed E-state index contributed by atoms with van der Waals surface area (Å²) in [7, 11) is 0. The highest BCUT2D eigenvalue weighted by Crippen LogP contribution is 2.39. The summed E-state index contributed by atoms with van der Waals surface area (Å²) in [6.45, 7) is 17.6. The topological polar surface area (TPSA) is 17.4 Å². The Bertz CT molecular complexity index is 707. The highest BCUT2D eigenvalue weighted by molar-refractivity contribution is 5.67. The van der Waals surface area contributed by atoms with E-state index in [1.165, 1.54) is 11.3 Å². The summed E-state index contributed by atoms with van der Waals surface area (Å²) in [5.41, 5.74) is 4.72. The van der Waals surface area contributed by atoms with Crippen LogP contribution in [0, 0.1) is 19.8 Å². The van der Waals surface area contributed by atoms with E-state index in [-0.39, 0.29) is 6.54 Å². The van der Waals surface area contributed by atoms with E-state index in [2.05, 4.69) is 38.1 Å². The average molecular weight is 395 g/mol. The van der Waals surface area contributed by atoms with E-state index in [1.54, 1.807) is 0 Å². The Morgan fingerprint density at radius 2 is 1.93 bits per heavy atom. The van der Waals surface area contributed by atoms with E-state index in [1.807, 2.05) is 24.8 Å². The zero-order valence-electron chi connectivity index (χ0n) is 18.3. The SMILES string of the molecule is C=C(OCC)c1c(C)c(C(C)C2CCN(CC(C)(F)F)CC2)n(/C=C\C)c1C. The molecule has 5 heteroatoms. The molecule has 2 heterocycles. The van der Waals surface area contributed by atoms with Crippen LogP contribution in [0.15, 0.2) is 12.7 Å². The van der Waals surface area contributed by atoms with Crippen molar-refractivity contribution in [3.05, 3.63) is 35.2 Å². The van der Waals surface area contributed by atoms with Crippen LogP contribution in [0.2, 0.25) is 0 Å². The summed E-state index contributed by atoms with van der Waals surface area (Å²) >= 11 is 0.